The van der Waals surface area contributed by atoms with Crippen molar-refractivity contribution in [3.05, 3.63) is 0 Å². The first-order valence-electron chi connectivity index (χ1n) is 7.50. The summed E-state index contributed by atoms with van der Waals surface area (Å²) in [5.74, 6) is 0.643. The summed E-state index contributed by atoms with van der Waals surface area (Å²) in [6.07, 6.45) is 7.09. The number of rotatable bonds is 8. The molecule has 1 rings (SSSR count). The third kappa shape index (κ3) is 6.98. The van der Waals surface area contributed by atoms with Crippen LogP contribution in [0.2, 0.25) is 0 Å². The van der Waals surface area contributed by atoms with Crippen molar-refractivity contribution in [1.29, 1.82) is 0 Å². The number of nitrogens with one attached hydrogen (secondary N) is 1. The summed E-state index contributed by atoms with van der Waals surface area (Å²) in [7, 11) is 0. The van der Waals surface area contributed by atoms with Gasteiger partial charge in [-0.2, -0.15) is 11.8 Å². The first-order valence-corrected chi connectivity index (χ1v) is 8.72. The molecule has 114 valence electrons. The lowest BCUT2D eigenvalue weighted by atomic mass is 9.88. The molecular weight excluding hydrogens is 258 g/mol. The average Bonchev–Trinajstić information content (AvgIpc) is 2.37. The fraction of sp³-hybridized carbons (Fsp3) is 1.00. The largest absolute Gasteiger partial charge is 0.389 e. The number of thioether (sulfide) groups is 1. The molecule has 0 aromatic carbocycles. The third-order valence-corrected chi connectivity index (χ3v) is 5.27. The van der Waals surface area contributed by atoms with Gasteiger partial charge >= 0.3 is 0 Å². The van der Waals surface area contributed by atoms with Gasteiger partial charge in [-0.25, -0.2) is 0 Å². The molecule has 1 saturated carbocycles. The van der Waals surface area contributed by atoms with Crippen molar-refractivity contribution in [1.82, 2.24) is 5.32 Å². The molecule has 0 aromatic rings. The lowest BCUT2D eigenvalue weighted by Crippen LogP contribution is -2.39. The second-order valence-electron chi connectivity index (χ2n) is 6.38. The maximum absolute atomic E-state index is 9.94. The van der Waals surface area contributed by atoms with Crippen molar-refractivity contribution in [2.24, 2.45) is 5.92 Å². The van der Waals surface area contributed by atoms with Crippen LogP contribution in [0.15, 0.2) is 0 Å². The molecule has 0 aliphatic heterocycles. The second kappa shape index (κ2) is 8.50. The highest BCUT2D eigenvalue weighted by Gasteiger charge is 2.22. The molecule has 2 N–H and O–H groups in total. The lowest BCUT2D eigenvalue weighted by Gasteiger charge is -2.30. The van der Waals surface area contributed by atoms with Crippen molar-refractivity contribution >= 4 is 11.8 Å². The first kappa shape index (κ1) is 17.3. The summed E-state index contributed by atoms with van der Waals surface area (Å²) >= 11 is 1.84. The first-order chi connectivity index (χ1) is 8.94. The lowest BCUT2D eigenvalue weighted by molar-refractivity contribution is -0.0451. The predicted octanol–water partition coefficient (Wildman–Crippen LogP) is 2.67. The van der Waals surface area contributed by atoms with E-state index in [2.05, 4.69) is 32.3 Å². The number of aliphatic hydroxyl groups is 1. The van der Waals surface area contributed by atoms with E-state index in [-0.39, 0.29) is 4.75 Å². The van der Waals surface area contributed by atoms with Gasteiger partial charge in [-0.15, -0.1) is 0 Å². The van der Waals surface area contributed by atoms with E-state index in [4.69, 9.17) is 4.74 Å². The van der Waals surface area contributed by atoms with Crippen LogP contribution in [-0.4, -0.2) is 48.0 Å². The Morgan fingerprint density at radius 2 is 2.05 bits per heavy atom. The van der Waals surface area contributed by atoms with Crippen LogP contribution in [0.5, 0.6) is 0 Å². The number of hydrogen-bond acceptors (Lipinski definition) is 4. The highest BCUT2D eigenvalue weighted by atomic mass is 32.2. The molecule has 3 atom stereocenters. The zero-order valence-corrected chi connectivity index (χ0v) is 13.8. The summed E-state index contributed by atoms with van der Waals surface area (Å²) in [5.41, 5.74) is 0. The molecule has 0 heterocycles. The van der Waals surface area contributed by atoms with Gasteiger partial charge in [0.1, 0.15) is 0 Å². The summed E-state index contributed by atoms with van der Waals surface area (Å²) in [4.78, 5) is 0. The minimum absolute atomic E-state index is 0.221. The summed E-state index contributed by atoms with van der Waals surface area (Å²) < 4.78 is 6.09. The van der Waals surface area contributed by atoms with Crippen LogP contribution >= 0.6 is 11.8 Å². The highest BCUT2D eigenvalue weighted by Crippen LogP contribution is 2.26. The van der Waals surface area contributed by atoms with E-state index in [0.29, 0.717) is 25.2 Å². The van der Waals surface area contributed by atoms with Crippen LogP contribution in [0.1, 0.15) is 46.5 Å². The van der Waals surface area contributed by atoms with Crippen molar-refractivity contribution in [3.8, 4) is 0 Å². The Labute approximate surface area is 122 Å². The van der Waals surface area contributed by atoms with Gasteiger partial charge in [-0.1, -0.05) is 19.8 Å². The molecule has 1 aliphatic rings. The molecule has 1 aliphatic carbocycles. The average molecular weight is 289 g/mol. The van der Waals surface area contributed by atoms with E-state index in [1.807, 2.05) is 11.8 Å². The Balaban J connectivity index is 2.12. The Morgan fingerprint density at radius 3 is 2.68 bits per heavy atom. The molecule has 19 heavy (non-hydrogen) atoms. The Bertz CT molecular complexity index is 248. The second-order valence-corrected chi connectivity index (χ2v) is 7.90. The van der Waals surface area contributed by atoms with Crippen molar-refractivity contribution in [2.45, 2.75) is 63.4 Å². The van der Waals surface area contributed by atoms with E-state index in [9.17, 15) is 5.11 Å². The van der Waals surface area contributed by atoms with E-state index in [1.165, 1.54) is 19.3 Å². The summed E-state index contributed by atoms with van der Waals surface area (Å²) in [6.45, 7) is 8.65. The normalized spacial score (nSPS) is 26.4. The quantitative estimate of drug-likeness (QED) is 0.721. The van der Waals surface area contributed by atoms with E-state index >= 15 is 0 Å². The van der Waals surface area contributed by atoms with Crippen LogP contribution in [0.25, 0.3) is 0 Å². The van der Waals surface area contributed by atoms with E-state index < -0.39 is 6.10 Å². The Hall–Kier alpha value is 0.230. The van der Waals surface area contributed by atoms with Crippen molar-refractivity contribution in [2.75, 3.05) is 26.0 Å². The van der Waals surface area contributed by atoms with Crippen LogP contribution in [-0.2, 0) is 4.74 Å². The Morgan fingerprint density at radius 1 is 1.37 bits per heavy atom. The SMILES string of the molecule is CSC(C)(C)CNCC(O)COC1CCCCC1C. The van der Waals surface area contributed by atoms with Gasteiger partial charge in [0.25, 0.3) is 0 Å². The maximum atomic E-state index is 9.94. The van der Waals surface area contributed by atoms with Crippen molar-refractivity contribution in [3.63, 3.8) is 0 Å². The smallest absolute Gasteiger partial charge is 0.0897 e. The monoisotopic (exact) mass is 289 g/mol. The minimum atomic E-state index is -0.396. The molecule has 0 saturated heterocycles. The highest BCUT2D eigenvalue weighted by molar-refractivity contribution is 7.99. The standard InChI is InChI=1S/C15H31NO2S/c1-12-7-5-6-8-14(12)18-10-13(17)9-16-11-15(2,3)19-4/h12-14,16-17H,5-11H2,1-4H3. The van der Waals surface area contributed by atoms with E-state index in [1.54, 1.807) is 0 Å². The van der Waals surface area contributed by atoms with Crippen LogP contribution < -0.4 is 5.32 Å². The fourth-order valence-electron chi connectivity index (χ4n) is 2.44. The molecule has 1 fully saturated rings. The van der Waals surface area contributed by atoms with Gasteiger partial charge in [-0.3, -0.25) is 0 Å². The van der Waals surface area contributed by atoms with Gasteiger partial charge in [0, 0.05) is 17.8 Å². The van der Waals surface area contributed by atoms with Gasteiger partial charge in [0.15, 0.2) is 0 Å². The maximum Gasteiger partial charge on any atom is 0.0897 e. The van der Waals surface area contributed by atoms with Crippen LogP contribution in [0.4, 0.5) is 0 Å². The van der Waals surface area contributed by atoms with Gasteiger partial charge < -0.3 is 15.2 Å². The molecule has 0 spiro atoms. The molecule has 3 nitrogen and oxygen atoms in total. The van der Waals surface area contributed by atoms with Crippen LogP contribution in [0.3, 0.4) is 0 Å². The molecule has 4 heteroatoms. The number of ether oxygens (including phenoxy) is 1. The fourth-order valence-corrected chi connectivity index (χ4v) is 2.68. The molecule has 3 unspecified atom stereocenters. The molecule has 0 radical (unpaired) electrons. The Kier molecular flexibility index (Phi) is 7.73. The summed E-state index contributed by atoms with van der Waals surface area (Å²) in [6, 6.07) is 0. The topological polar surface area (TPSA) is 41.5 Å². The van der Waals surface area contributed by atoms with Crippen LogP contribution in [0, 0.1) is 5.92 Å². The van der Waals surface area contributed by atoms with Gasteiger partial charge in [0.05, 0.1) is 18.8 Å². The van der Waals surface area contributed by atoms with E-state index in [0.717, 1.165) is 13.0 Å². The molecule has 0 amide bonds. The zero-order valence-electron chi connectivity index (χ0n) is 12.9. The van der Waals surface area contributed by atoms with Gasteiger partial charge in [0.2, 0.25) is 0 Å². The zero-order chi connectivity index (χ0) is 14.3. The third-order valence-electron chi connectivity index (χ3n) is 4.02. The minimum Gasteiger partial charge on any atom is -0.389 e. The molecule has 0 bridgehead atoms. The summed E-state index contributed by atoms with van der Waals surface area (Å²) in [5, 5.41) is 13.3. The molecule has 0 aromatic heterocycles. The predicted molar refractivity (Wildman–Crippen MR) is 83.8 cm³/mol. The van der Waals surface area contributed by atoms with Crippen molar-refractivity contribution < 1.29 is 9.84 Å². The number of hydrogen-bond donors (Lipinski definition) is 2. The molecular formula is C15H31NO2S. The van der Waals surface area contributed by atoms with Gasteiger partial charge in [-0.05, 0) is 38.9 Å². The number of aliphatic hydroxyl groups excluding tert-OH is 1.